The number of piperazine rings is 1. The van der Waals surface area contributed by atoms with E-state index in [1.165, 1.54) is 6.26 Å². The van der Waals surface area contributed by atoms with Gasteiger partial charge in [-0.3, -0.25) is 14.5 Å². The standard InChI is InChI=1S/C24H24N4O3/c29-23(20-8-6-19(7-9-20)18-4-2-1-3-5-18)28-16-21(17-28)26-11-13-27(14-12-26)24(30)22-10-15-31-25-22/h1-10,15,21H,11-14,16-17H2. The number of nitrogens with zero attached hydrogens (tertiary/aromatic N) is 4. The minimum Gasteiger partial charge on any atom is -0.364 e. The van der Waals surface area contributed by atoms with Gasteiger partial charge in [-0.05, 0) is 23.3 Å². The Balaban J connectivity index is 1.12. The fourth-order valence-electron chi connectivity index (χ4n) is 4.25. The molecule has 31 heavy (non-hydrogen) atoms. The number of carbonyl (C=O) groups excluding carboxylic acids is 2. The van der Waals surface area contributed by atoms with Gasteiger partial charge in [-0.1, -0.05) is 47.6 Å². The predicted molar refractivity (Wildman–Crippen MR) is 116 cm³/mol. The van der Waals surface area contributed by atoms with Crippen LogP contribution in [0.5, 0.6) is 0 Å². The highest BCUT2D eigenvalue weighted by Crippen LogP contribution is 2.23. The van der Waals surface area contributed by atoms with Gasteiger partial charge in [-0.25, -0.2) is 0 Å². The second-order valence-electron chi connectivity index (χ2n) is 8.02. The summed E-state index contributed by atoms with van der Waals surface area (Å²) in [5.41, 5.74) is 3.33. The van der Waals surface area contributed by atoms with Crippen molar-refractivity contribution < 1.29 is 14.1 Å². The second-order valence-corrected chi connectivity index (χ2v) is 8.02. The second kappa shape index (κ2) is 8.35. The fourth-order valence-corrected chi connectivity index (χ4v) is 4.25. The largest absolute Gasteiger partial charge is 0.364 e. The lowest BCUT2D eigenvalue weighted by atomic mass is 10.0. The lowest BCUT2D eigenvalue weighted by Crippen LogP contribution is -2.64. The molecule has 0 atom stereocenters. The maximum absolute atomic E-state index is 12.8. The Morgan fingerprint density at radius 2 is 1.45 bits per heavy atom. The molecule has 2 fully saturated rings. The highest BCUT2D eigenvalue weighted by atomic mass is 16.5. The third-order valence-corrected chi connectivity index (χ3v) is 6.16. The fraction of sp³-hybridized carbons (Fsp3) is 0.292. The van der Waals surface area contributed by atoms with Gasteiger partial charge >= 0.3 is 0 Å². The first kappa shape index (κ1) is 19.5. The molecule has 0 radical (unpaired) electrons. The Hall–Kier alpha value is -3.45. The van der Waals surface area contributed by atoms with Crippen LogP contribution in [0.15, 0.2) is 71.4 Å². The first-order chi connectivity index (χ1) is 15.2. The zero-order chi connectivity index (χ0) is 21.2. The molecule has 3 aromatic rings. The number of likely N-dealkylation sites (tertiary alicyclic amines) is 1. The molecule has 3 heterocycles. The smallest absolute Gasteiger partial charge is 0.276 e. The summed E-state index contributed by atoms with van der Waals surface area (Å²) >= 11 is 0. The normalized spacial score (nSPS) is 17.4. The van der Waals surface area contributed by atoms with Crippen molar-refractivity contribution in [3.63, 3.8) is 0 Å². The van der Waals surface area contributed by atoms with Crippen LogP contribution in [0.3, 0.4) is 0 Å². The van der Waals surface area contributed by atoms with E-state index in [1.54, 1.807) is 6.07 Å². The quantitative estimate of drug-likeness (QED) is 0.654. The van der Waals surface area contributed by atoms with Crippen molar-refractivity contribution in [3.8, 4) is 11.1 Å². The van der Waals surface area contributed by atoms with Crippen molar-refractivity contribution in [2.24, 2.45) is 0 Å². The van der Waals surface area contributed by atoms with Crippen LogP contribution in [0.4, 0.5) is 0 Å². The summed E-state index contributed by atoms with van der Waals surface area (Å²) in [5.74, 6) is -0.00605. The van der Waals surface area contributed by atoms with E-state index in [4.69, 9.17) is 4.52 Å². The number of hydrogen-bond donors (Lipinski definition) is 0. The van der Waals surface area contributed by atoms with E-state index in [0.29, 0.717) is 24.8 Å². The number of aromatic nitrogens is 1. The molecule has 0 saturated carbocycles. The SMILES string of the molecule is O=C(c1ccc(-c2ccccc2)cc1)N1CC(N2CCN(C(=O)c3ccon3)CC2)C1. The third kappa shape index (κ3) is 3.96. The monoisotopic (exact) mass is 416 g/mol. The molecule has 2 aliphatic rings. The molecule has 7 heteroatoms. The van der Waals surface area contributed by atoms with Crippen LogP contribution in [0, 0.1) is 0 Å². The lowest BCUT2D eigenvalue weighted by molar-refractivity contribution is 0.00836. The molecule has 2 aromatic carbocycles. The molecule has 0 bridgehead atoms. The number of rotatable bonds is 4. The van der Waals surface area contributed by atoms with E-state index in [9.17, 15) is 9.59 Å². The van der Waals surface area contributed by atoms with Crippen LogP contribution in [0.25, 0.3) is 11.1 Å². The Kier molecular flexibility index (Phi) is 5.26. The molecule has 7 nitrogen and oxygen atoms in total. The molecular formula is C24H24N4O3. The van der Waals surface area contributed by atoms with Crippen molar-refractivity contribution in [1.82, 2.24) is 19.9 Å². The molecule has 2 aliphatic heterocycles. The van der Waals surface area contributed by atoms with Crippen LogP contribution in [-0.2, 0) is 0 Å². The van der Waals surface area contributed by atoms with Gasteiger partial charge in [-0.2, -0.15) is 0 Å². The van der Waals surface area contributed by atoms with E-state index in [2.05, 4.69) is 22.2 Å². The molecule has 0 spiro atoms. The molecule has 158 valence electrons. The summed E-state index contributed by atoms with van der Waals surface area (Å²) in [7, 11) is 0. The van der Waals surface area contributed by atoms with Gasteiger partial charge in [0.2, 0.25) is 0 Å². The Morgan fingerprint density at radius 1 is 0.774 bits per heavy atom. The molecule has 2 amide bonds. The minimum atomic E-state index is -0.0854. The maximum Gasteiger partial charge on any atom is 0.276 e. The summed E-state index contributed by atoms with van der Waals surface area (Å²) in [4.78, 5) is 31.3. The summed E-state index contributed by atoms with van der Waals surface area (Å²) in [5, 5.41) is 3.73. The van der Waals surface area contributed by atoms with Crippen molar-refractivity contribution in [2.45, 2.75) is 6.04 Å². The number of hydrogen-bond acceptors (Lipinski definition) is 5. The molecule has 2 saturated heterocycles. The van der Waals surface area contributed by atoms with Crippen LogP contribution in [0.1, 0.15) is 20.8 Å². The third-order valence-electron chi connectivity index (χ3n) is 6.16. The molecule has 1 aromatic heterocycles. The van der Waals surface area contributed by atoms with Crippen molar-refractivity contribution >= 4 is 11.8 Å². The average Bonchev–Trinajstić information content (AvgIpc) is 3.34. The molecule has 0 aliphatic carbocycles. The van der Waals surface area contributed by atoms with Crippen LogP contribution >= 0.6 is 0 Å². The minimum absolute atomic E-state index is 0.0794. The van der Waals surface area contributed by atoms with Gasteiger partial charge < -0.3 is 14.3 Å². The Bertz CT molecular complexity index is 1040. The van der Waals surface area contributed by atoms with Crippen molar-refractivity contribution in [1.29, 1.82) is 0 Å². The summed E-state index contributed by atoms with van der Waals surface area (Å²) in [6.45, 7) is 4.41. The van der Waals surface area contributed by atoms with Crippen molar-refractivity contribution in [3.05, 3.63) is 78.2 Å². The predicted octanol–water partition coefficient (Wildman–Crippen LogP) is 2.62. The van der Waals surface area contributed by atoms with Crippen LogP contribution in [-0.4, -0.2) is 77.0 Å². The highest BCUT2D eigenvalue weighted by Gasteiger charge is 2.37. The van der Waals surface area contributed by atoms with Gasteiger partial charge in [0.15, 0.2) is 5.69 Å². The Labute approximate surface area is 180 Å². The van der Waals surface area contributed by atoms with E-state index < -0.39 is 0 Å². The maximum atomic E-state index is 12.8. The summed E-state index contributed by atoms with van der Waals surface area (Å²) in [6, 6.07) is 19.9. The average molecular weight is 416 g/mol. The molecule has 0 N–H and O–H groups in total. The van der Waals surface area contributed by atoms with E-state index in [0.717, 1.165) is 42.9 Å². The molecule has 5 rings (SSSR count). The van der Waals surface area contributed by atoms with Crippen LogP contribution in [0.2, 0.25) is 0 Å². The first-order valence-corrected chi connectivity index (χ1v) is 10.6. The summed E-state index contributed by atoms with van der Waals surface area (Å²) < 4.78 is 4.77. The zero-order valence-electron chi connectivity index (χ0n) is 17.2. The van der Waals surface area contributed by atoms with E-state index >= 15 is 0 Å². The first-order valence-electron chi connectivity index (χ1n) is 10.6. The Morgan fingerprint density at radius 3 is 2.10 bits per heavy atom. The van der Waals surface area contributed by atoms with E-state index in [-0.39, 0.29) is 11.8 Å². The highest BCUT2D eigenvalue weighted by molar-refractivity contribution is 5.95. The number of carbonyl (C=O) groups is 2. The summed E-state index contributed by atoms with van der Waals surface area (Å²) in [6.07, 6.45) is 1.42. The molecular weight excluding hydrogens is 392 g/mol. The van der Waals surface area contributed by atoms with Gasteiger partial charge in [0.1, 0.15) is 6.26 Å². The topological polar surface area (TPSA) is 69.9 Å². The van der Waals surface area contributed by atoms with Gasteiger partial charge in [0.25, 0.3) is 11.8 Å². The lowest BCUT2D eigenvalue weighted by Gasteiger charge is -2.48. The zero-order valence-corrected chi connectivity index (χ0v) is 17.2. The molecule has 0 unspecified atom stereocenters. The van der Waals surface area contributed by atoms with Gasteiger partial charge in [0, 0.05) is 56.9 Å². The van der Waals surface area contributed by atoms with E-state index in [1.807, 2.05) is 52.3 Å². The van der Waals surface area contributed by atoms with Crippen LogP contribution < -0.4 is 0 Å². The van der Waals surface area contributed by atoms with Crippen molar-refractivity contribution in [2.75, 3.05) is 39.3 Å². The van der Waals surface area contributed by atoms with Gasteiger partial charge in [-0.15, -0.1) is 0 Å². The number of benzene rings is 2. The van der Waals surface area contributed by atoms with Gasteiger partial charge in [0.05, 0.1) is 0 Å². The number of amides is 2.